The predicted octanol–water partition coefficient (Wildman–Crippen LogP) is -2.10. The maximum Gasteiger partial charge on any atom is 0.0423 e. The maximum atomic E-state index is 5.10. The van der Waals surface area contributed by atoms with Gasteiger partial charge in [-0.15, -0.1) is 22.5 Å². The van der Waals surface area contributed by atoms with Crippen LogP contribution in [0, 0.1) is 0 Å². The normalized spacial score (nSPS) is 12.9. The Morgan fingerprint density at radius 3 is 1.29 bits per heavy atom. The van der Waals surface area contributed by atoms with E-state index in [2.05, 4.69) is 0 Å². The van der Waals surface area contributed by atoms with Crippen LogP contribution in [0.2, 0.25) is 0 Å². The van der Waals surface area contributed by atoms with Gasteiger partial charge in [0.05, 0.1) is 0 Å². The Morgan fingerprint density at radius 2 is 1.29 bits per heavy atom. The van der Waals surface area contributed by atoms with Gasteiger partial charge in [-0.1, -0.05) is 0 Å². The topological polar surface area (TPSA) is 81.3 Å². The maximum absolute atomic E-state index is 5.10. The zero-order valence-electron chi connectivity index (χ0n) is 4.63. The third-order valence-corrected chi connectivity index (χ3v) is 0.693. The predicted molar refractivity (Wildman–Crippen MR) is 26.5 cm³/mol. The fraction of sp³-hybridized carbons (Fsp3) is 1.00. The fourth-order valence-electron chi connectivity index (χ4n) is 0. The quantitative estimate of drug-likeness (QED) is 0.203. The highest BCUT2D eigenvalue weighted by molar-refractivity contribution is 3.98. The van der Waals surface area contributed by atoms with Crippen molar-refractivity contribution in [2.75, 3.05) is 14.1 Å². The second-order valence-electron chi connectivity index (χ2n) is 1.64. The molecule has 0 aromatic heterocycles. The Morgan fingerprint density at radius 1 is 1.14 bits per heavy atom. The van der Waals surface area contributed by atoms with Crippen LogP contribution in [0.5, 0.6) is 0 Å². The molecule has 7 heavy (non-hydrogen) atoms. The molecule has 0 aliphatic rings. The summed E-state index contributed by atoms with van der Waals surface area (Å²) in [5.41, 5.74) is 0. The highest BCUT2D eigenvalue weighted by Gasteiger charge is 2.12. The summed E-state index contributed by atoms with van der Waals surface area (Å²) in [6, 6.07) is 0. The molecule has 0 amide bonds. The molecule has 44 valence electrons. The Kier molecular flexibility index (Phi) is 1.68. The average Bonchev–Trinajstić information content (AvgIpc) is 1.31. The highest BCUT2D eigenvalue weighted by atomic mass is 16.1. The number of hydrogen-bond acceptors (Lipinski definition) is 4. The molecule has 0 spiro atoms. The van der Waals surface area contributed by atoms with E-state index >= 15 is 0 Å². The van der Waals surface area contributed by atoms with Crippen molar-refractivity contribution in [3.63, 3.8) is 0 Å². The van der Waals surface area contributed by atoms with Crippen molar-refractivity contribution in [1.82, 2.24) is 5.01 Å². The molecule has 0 aliphatic carbocycles. The van der Waals surface area contributed by atoms with Crippen molar-refractivity contribution in [3.05, 3.63) is 0 Å². The Hall–Kier alpha value is -0.200. The second kappa shape index (κ2) is 1.73. The van der Waals surface area contributed by atoms with Gasteiger partial charge in [0.25, 0.3) is 0 Å². The van der Waals surface area contributed by atoms with E-state index in [1.54, 1.807) is 14.1 Å². The van der Waals surface area contributed by atoms with E-state index < -0.39 is 4.92 Å². The molecule has 0 atom stereocenters. The summed E-state index contributed by atoms with van der Waals surface area (Å²) >= 11 is 0. The van der Waals surface area contributed by atoms with Crippen LogP contribution in [-0.2, 0) is 0 Å². The zero-order chi connectivity index (χ0) is 6.08. The van der Waals surface area contributed by atoms with Crippen LogP contribution in [0.15, 0.2) is 0 Å². The molecule has 0 aliphatic heterocycles. The summed E-state index contributed by atoms with van der Waals surface area (Å²) in [5.74, 6) is 15.3. The lowest BCUT2D eigenvalue weighted by Gasteiger charge is -2.24. The molecule has 6 N–H and O–H groups in total. The first kappa shape index (κ1) is 6.80. The van der Waals surface area contributed by atoms with Crippen molar-refractivity contribution in [2.45, 2.75) is 0 Å². The Balaban J connectivity index is 3.54. The lowest BCUT2D eigenvalue weighted by atomic mass is 11.1. The molecule has 0 bridgehead atoms. The molecule has 0 radical (unpaired) electrons. The van der Waals surface area contributed by atoms with Crippen LogP contribution in [0.4, 0.5) is 0 Å². The molecule has 5 heteroatoms. The smallest absolute Gasteiger partial charge is 0.0423 e. The van der Waals surface area contributed by atoms with Gasteiger partial charge in [0, 0.05) is 14.1 Å². The minimum atomic E-state index is -0.611. The molecule has 0 aromatic carbocycles. The van der Waals surface area contributed by atoms with Crippen LogP contribution < -0.4 is 17.5 Å². The number of nitrogens with two attached hydrogens (primary N) is 3. The first-order valence-electron chi connectivity index (χ1n) is 1.87. The van der Waals surface area contributed by atoms with Gasteiger partial charge < -0.3 is 0 Å². The molecular weight excluding hydrogens is 94.1 g/mol. The lowest BCUT2D eigenvalue weighted by molar-refractivity contribution is -1.06. The van der Waals surface area contributed by atoms with E-state index in [-0.39, 0.29) is 0 Å². The van der Waals surface area contributed by atoms with E-state index in [0.29, 0.717) is 0 Å². The standard InChI is InChI=1S/C2H12N5/c1-6(2)7(3,4)5/h3-5H2,1-2H3/q+1. The number of hydrogen-bond donors (Lipinski definition) is 3. The molecule has 0 rings (SSSR count). The van der Waals surface area contributed by atoms with Crippen LogP contribution in [0.25, 0.3) is 0 Å². The van der Waals surface area contributed by atoms with Gasteiger partial charge >= 0.3 is 0 Å². The molecule has 0 saturated heterocycles. The molecule has 0 unspecified atom stereocenters. The number of quaternary nitrogens is 1. The summed E-state index contributed by atoms with van der Waals surface area (Å²) in [4.78, 5) is -0.611. The van der Waals surface area contributed by atoms with Gasteiger partial charge in [-0.25, -0.2) is 0 Å². The minimum Gasteiger partial charge on any atom is -0.121 e. The molecule has 0 saturated carbocycles. The largest absolute Gasteiger partial charge is 0.121 e. The lowest BCUT2D eigenvalue weighted by Crippen LogP contribution is -2.72. The minimum absolute atomic E-state index is 0.611. The molecular formula is C2H12N5+. The van der Waals surface area contributed by atoms with Gasteiger partial charge in [0.15, 0.2) is 0 Å². The van der Waals surface area contributed by atoms with Crippen molar-refractivity contribution in [2.24, 2.45) is 17.5 Å². The zero-order valence-corrected chi connectivity index (χ0v) is 4.63. The van der Waals surface area contributed by atoms with Crippen molar-refractivity contribution >= 4 is 0 Å². The van der Waals surface area contributed by atoms with Crippen LogP contribution >= 0.6 is 0 Å². The summed E-state index contributed by atoms with van der Waals surface area (Å²) in [5, 5.41) is 1.46. The summed E-state index contributed by atoms with van der Waals surface area (Å²) in [6.07, 6.45) is 0. The third-order valence-electron chi connectivity index (χ3n) is 0.693. The fourth-order valence-corrected chi connectivity index (χ4v) is 0. The molecule has 0 fully saturated rings. The Labute approximate surface area is 42.7 Å². The van der Waals surface area contributed by atoms with E-state index in [9.17, 15) is 0 Å². The average molecular weight is 106 g/mol. The SMILES string of the molecule is CN(C)[N+](N)(N)N. The van der Waals surface area contributed by atoms with Gasteiger partial charge in [-0.05, 0) is 4.92 Å². The van der Waals surface area contributed by atoms with E-state index in [1.807, 2.05) is 0 Å². The first-order chi connectivity index (χ1) is 2.94. The van der Waals surface area contributed by atoms with Gasteiger partial charge in [0.2, 0.25) is 0 Å². The number of rotatable bonds is 1. The van der Waals surface area contributed by atoms with Gasteiger partial charge in [-0.3, -0.25) is 0 Å². The molecule has 5 nitrogen and oxygen atoms in total. The summed E-state index contributed by atoms with van der Waals surface area (Å²) in [7, 11) is 3.36. The van der Waals surface area contributed by atoms with Crippen molar-refractivity contribution < 1.29 is 4.92 Å². The highest BCUT2D eigenvalue weighted by Crippen LogP contribution is 1.74. The van der Waals surface area contributed by atoms with Crippen LogP contribution in [0.3, 0.4) is 0 Å². The van der Waals surface area contributed by atoms with Gasteiger partial charge in [-0.2, -0.15) is 0 Å². The molecule has 0 heterocycles. The number of nitrogens with zero attached hydrogens (tertiary/aromatic N) is 2. The molecule has 0 aromatic rings. The monoisotopic (exact) mass is 106 g/mol. The second-order valence-corrected chi connectivity index (χ2v) is 1.64. The van der Waals surface area contributed by atoms with Crippen LogP contribution in [0.1, 0.15) is 0 Å². The Bertz CT molecular complexity index is 51.6. The van der Waals surface area contributed by atoms with Crippen molar-refractivity contribution in [1.29, 1.82) is 0 Å². The third kappa shape index (κ3) is 2.49. The summed E-state index contributed by atoms with van der Waals surface area (Å²) in [6.45, 7) is 0. The first-order valence-corrected chi connectivity index (χ1v) is 1.87. The van der Waals surface area contributed by atoms with Crippen molar-refractivity contribution in [3.8, 4) is 0 Å². The van der Waals surface area contributed by atoms with E-state index in [0.717, 1.165) is 0 Å². The van der Waals surface area contributed by atoms with E-state index in [1.165, 1.54) is 5.01 Å². The van der Waals surface area contributed by atoms with Gasteiger partial charge in [0.1, 0.15) is 0 Å². The van der Waals surface area contributed by atoms with E-state index in [4.69, 9.17) is 17.5 Å². The van der Waals surface area contributed by atoms with Crippen LogP contribution in [-0.4, -0.2) is 24.0 Å². The summed E-state index contributed by atoms with van der Waals surface area (Å²) < 4.78 is 0.